The molecule has 0 amide bonds. The Labute approximate surface area is 308 Å². The second-order valence-electron chi connectivity index (χ2n) is 19.8. The Morgan fingerprint density at radius 2 is 1.56 bits per heavy atom. The van der Waals surface area contributed by atoms with E-state index in [-0.39, 0.29) is 81.4 Å². The topological polar surface area (TPSA) is 82.1 Å². The van der Waals surface area contributed by atoms with E-state index in [1.165, 1.54) is 6.92 Å². The van der Waals surface area contributed by atoms with E-state index in [9.17, 15) is 14.7 Å². The number of carbonyl (C=O) groups is 2. The van der Waals surface area contributed by atoms with E-state index >= 15 is 0 Å². The minimum Gasteiger partial charge on any atom is -0.462 e. The number of rotatable bonds is 12. The van der Waals surface area contributed by atoms with E-state index < -0.39 is 22.7 Å². The molecule has 0 heterocycles. The molecule has 4 aliphatic rings. The lowest BCUT2D eigenvalue weighted by Gasteiger charge is -2.64. The van der Waals surface area contributed by atoms with E-state index in [1.54, 1.807) is 0 Å². The van der Waals surface area contributed by atoms with Crippen LogP contribution in [0.15, 0.2) is 12.2 Å². The van der Waals surface area contributed by atoms with E-state index in [2.05, 4.69) is 108 Å². The third-order valence-electron chi connectivity index (χ3n) is 15.7. The minimum atomic E-state index is -2.07. The zero-order valence-electron chi connectivity index (χ0n) is 34.7. The number of carbonyl (C=O) groups excluding carboxylic acids is 2. The van der Waals surface area contributed by atoms with Crippen LogP contribution in [0.5, 0.6) is 0 Å². The first-order valence-corrected chi connectivity index (χ1v) is 25.9. The maximum atomic E-state index is 14.7. The summed E-state index contributed by atoms with van der Waals surface area (Å²) in [5.74, 6) is 0.621. The molecule has 13 atom stereocenters. The van der Waals surface area contributed by atoms with Crippen LogP contribution in [-0.4, -0.2) is 57.9 Å². The molecule has 4 saturated carbocycles. The molecule has 0 aromatic carbocycles. The predicted molar refractivity (Wildman–Crippen MR) is 210 cm³/mol. The van der Waals surface area contributed by atoms with Crippen molar-refractivity contribution in [1.29, 1.82) is 0 Å². The first-order chi connectivity index (χ1) is 23.0. The highest BCUT2D eigenvalue weighted by Gasteiger charge is 2.70. The van der Waals surface area contributed by atoms with Crippen LogP contribution in [-0.2, 0) is 23.2 Å². The third-order valence-corrected chi connectivity index (χ3v) is 24.9. The van der Waals surface area contributed by atoms with Crippen molar-refractivity contribution in [3.63, 3.8) is 0 Å². The number of aliphatic hydroxyl groups is 1. The maximum Gasteiger partial charge on any atom is 0.302 e. The van der Waals surface area contributed by atoms with Crippen LogP contribution in [0.25, 0.3) is 0 Å². The summed E-state index contributed by atoms with van der Waals surface area (Å²) in [6.45, 7) is 33.7. The summed E-state index contributed by atoms with van der Waals surface area (Å²) in [7, 11) is -4.11. The zero-order chi connectivity index (χ0) is 37.8. The Morgan fingerprint density at radius 3 is 2.08 bits per heavy atom. The second-order valence-corrected chi connectivity index (χ2v) is 29.2. The summed E-state index contributed by atoms with van der Waals surface area (Å²) < 4.78 is 20.9. The van der Waals surface area contributed by atoms with Crippen LogP contribution in [0, 0.1) is 58.2 Å². The van der Waals surface area contributed by atoms with Gasteiger partial charge < -0.3 is 18.7 Å². The van der Waals surface area contributed by atoms with Crippen molar-refractivity contribution in [1.82, 2.24) is 0 Å². The smallest absolute Gasteiger partial charge is 0.302 e. The fraction of sp³-hybridized carbons (Fsp3) is 0.905. The molecule has 1 N–H and O–H groups in total. The third kappa shape index (κ3) is 7.59. The lowest BCUT2D eigenvalue weighted by atomic mass is 9.42. The van der Waals surface area contributed by atoms with Gasteiger partial charge in [-0.2, -0.15) is 0 Å². The molecule has 0 aliphatic heterocycles. The van der Waals surface area contributed by atoms with Gasteiger partial charge in [0.15, 0.2) is 22.4 Å². The molecule has 0 aromatic rings. The van der Waals surface area contributed by atoms with Crippen molar-refractivity contribution in [2.24, 2.45) is 58.2 Å². The van der Waals surface area contributed by atoms with Gasteiger partial charge >= 0.3 is 5.97 Å². The predicted octanol–water partition coefficient (Wildman–Crippen LogP) is 10.2. The largest absolute Gasteiger partial charge is 0.462 e. The van der Waals surface area contributed by atoms with Gasteiger partial charge in [0.25, 0.3) is 0 Å². The first-order valence-electron chi connectivity index (χ1n) is 20.4. The molecule has 6 nitrogen and oxygen atoms in total. The Hall–Kier alpha value is -0.806. The number of ketones is 1. The fourth-order valence-electron chi connectivity index (χ4n) is 11.2. The van der Waals surface area contributed by atoms with E-state index in [0.717, 1.165) is 37.4 Å². The molecule has 0 radical (unpaired) electrons. The van der Waals surface area contributed by atoms with Crippen molar-refractivity contribution in [3.8, 4) is 0 Å². The van der Waals surface area contributed by atoms with Gasteiger partial charge in [-0.3, -0.25) is 9.59 Å². The molecule has 0 bridgehead atoms. The van der Waals surface area contributed by atoms with Crippen molar-refractivity contribution >= 4 is 28.4 Å². The lowest BCUT2D eigenvalue weighted by molar-refractivity contribution is -0.206. The Kier molecular flexibility index (Phi) is 12.7. The first kappa shape index (κ1) is 41.9. The van der Waals surface area contributed by atoms with Crippen molar-refractivity contribution < 1.29 is 28.3 Å². The van der Waals surface area contributed by atoms with Gasteiger partial charge in [-0.15, -0.1) is 0 Å². The number of Topliss-reactive ketones (excluding diaryl/α,β-unsaturated/α-hetero) is 1. The number of allylic oxidation sites excluding steroid dienone is 2. The van der Waals surface area contributed by atoms with Gasteiger partial charge in [0, 0.05) is 36.9 Å². The summed E-state index contributed by atoms with van der Waals surface area (Å²) in [6, 6.07) is 3.18. The highest BCUT2D eigenvalue weighted by atomic mass is 28.4. The fourth-order valence-corrected chi connectivity index (χ4v) is 15.5. The van der Waals surface area contributed by atoms with Gasteiger partial charge in [0.05, 0.1) is 0 Å². The molecule has 8 heteroatoms. The van der Waals surface area contributed by atoms with Gasteiger partial charge in [-0.25, -0.2) is 0 Å². The Bertz CT molecular complexity index is 1230. The van der Waals surface area contributed by atoms with Gasteiger partial charge in [0.1, 0.15) is 12.2 Å². The van der Waals surface area contributed by atoms with Gasteiger partial charge in [-0.05, 0) is 109 Å². The standard InChI is InChI=1S/C42H76O6Si2/c1-16-50(17-2,18-3)48-34-25-42(13)31(24-33(46-29(8)43)36(42)28(7)20-19-27(6)26(4)5)35-37(34)41(12)22-21-30(23-32(41)38(44)39(35)45)47-49(14,15)40(9,10)11/h19-20,26-28,30-37,39,45H,16-18,21-25H2,1-15H3/b20-19+/t27-,28+,30-,31-,32+,33-,34-,35-,36-,37-,39+,41-,42-/m0/s1. The second kappa shape index (κ2) is 15.1. The van der Waals surface area contributed by atoms with E-state index in [4.69, 9.17) is 13.6 Å². The van der Waals surface area contributed by atoms with Crippen LogP contribution >= 0.6 is 0 Å². The molecule has 4 aliphatic carbocycles. The van der Waals surface area contributed by atoms with Gasteiger partial charge in [0.2, 0.25) is 0 Å². The molecule has 4 fully saturated rings. The molecule has 0 aromatic heterocycles. The monoisotopic (exact) mass is 733 g/mol. The molecule has 0 unspecified atom stereocenters. The van der Waals surface area contributed by atoms with Crippen LogP contribution in [0.2, 0.25) is 36.3 Å². The van der Waals surface area contributed by atoms with Crippen molar-refractivity contribution in [2.75, 3.05) is 0 Å². The summed E-state index contributed by atoms with van der Waals surface area (Å²) in [5.41, 5.74) is -0.553. The molecule has 0 saturated heterocycles. The molecule has 4 rings (SSSR count). The number of hydrogen-bond donors (Lipinski definition) is 1. The molecule has 50 heavy (non-hydrogen) atoms. The van der Waals surface area contributed by atoms with Crippen LogP contribution in [0.1, 0.15) is 122 Å². The van der Waals surface area contributed by atoms with Crippen molar-refractivity contribution in [3.05, 3.63) is 12.2 Å². The summed E-state index contributed by atoms with van der Waals surface area (Å²) >= 11 is 0. The van der Waals surface area contributed by atoms with Crippen LogP contribution < -0.4 is 0 Å². The average Bonchev–Trinajstić information content (AvgIpc) is 3.30. The quantitative estimate of drug-likeness (QED) is 0.122. The Morgan fingerprint density at radius 1 is 0.960 bits per heavy atom. The molecule has 288 valence electrons. The lowest BCUT2D eigenvalue weighted by Crippen LogP contribution is -2.68. The average molecular weight is 733 g/mol. The Balaban J connectivity index is 1.82. The SMILES string of the molecule is CC[Si](CC)(CC)O[C@H]1C[C@]2(C)[C@@H]([C@H](C)/C=C/[C@H](C)C(C)C)[C@@H](OC(C)=O)C[C@H]2[C@H]2[C@H]1[C@@]1(C)CC[C@H](O[Si](C)(C)C(C)(C)C)C[C@@H]1C(=O)[C@@H]2O. The number of hydrogen-bond acceptors (Lipinski definition) is 6. The molecule has 0 spiro atoms. The van der Waals surface area contributed by atoms with E-state index in [0.29, 0.717) is 24.7 Å². The highest BCUT2D eigenvalue weighted by molar-refractivity contribution is 6.74. The molecular weight excluding hydrogens is 657 g/mol. The number of fused-ring (bicyclic) bond motifs is 5. The minimum absolute atomic E-state index is 0.0106. The summed E-state index contributed by atoms with van der Waals surface area (Å²) in [6.07, 6.45) is 7.46. The maximum absolute atomic E-state index is 14.7. The zero-order valence-corrected chi connectivity index (χ0v) is 36.7. The number of ether oxygens (including phenoxy) is 1. The van der Waals surface area contributed by atoms with E-state index in [1.807, 2.05) is 0 Å². The molecular formula is C42H76O6Si2. The summed E-state index contributed by atoms with van der Waals surface area (Å²) in [5, 5.41) is 12.5. The highest BCUT2D eigenvalue weighted by Crippen LogP contribution is 2.69. The summed E-state index contributed by atoms with van der Waals surface area (Å²) in [4.78, 5) is 27.3. The van der Waals surface area contributed by atoms with Crippen molar-refractivity contribution in [2.45, 2.75) is 183 Å². The van der Waals surface area contributed by atoms with Crippen LogP contribution in [0.3, 0.4) is 0 Å². The van der Waals surface area contributed by atoms with Crippen LogP contribution in [0.4, 0.5) is 0 Å². The van der Waals surface area contributed by atoms with Gasteiger partial charge in [-0.1, -0.05) is 95.2 Å². The number of aliphatic hydroxyl groups excluding tert-OH is 1. The normalized spacial score (nSPS) is 39.2. The number of esters is 1.